The minimum absolute atomic E-state index is 0.0221. The van der Waals surface area contributed by atoms with Crippen LogP contribution in [0.2, 0.25) is 0 Å². The number of nitrogens with zero attached hydrogens (tertiary/aromatic N) is 4. The van der Waals surface area contributed by atoms with E-state index in [9.17, 15) is 9.59 Å². The first-order valence-electron chi connectivity index (χ1n) is 9.99. The van der Waals surface area contributed by atoms with E-state index in [0.717, 1.165) is 17.7 Å². The molecule has 0 aromatic carbocycles. The lowest BCUT2D eigenvalue weighted by Gasteiger charge is -2.27. The van der Waals surface area contributed by atoms with Crippen LogP contribution >= 0.6 is 11.3 Å². The van der Waals surface area contributed by atoms with Gasteiger partial charge in [-0.1, -0.05) is 6.92 Å². The van der Waals surface area contributed by atoms with Gasteiger partial charge in [0.2, 0.25) is 5.91 Å². The normalized spacial score (nSPS) is 19.3. The molecule has 158 valence electrons. The molecule has 1 N–H and O–H groups in total. The Morgan fingerprint density at radius 1 is 1.45 bits per heavy atom. The Bertz CT molecular complexity index is 847. The van der Waals surface area contributed by atoms with E-state index in [-0.39, 0.29) is 29.8 Å². The highest BCUT2D eigenvalue weighted by molar-refractivity contribution is 7.11. The molecule has 0 aliphatic carbocycles. The number of nitrogens with one attached hydrogen (secondary N) is 1. The zero-order chi connectivity index (χ0) is 21.0. The van der Waals surface area contributed by atoms with Gasteiger partial charge in [-0.15, -0.1) is 11.3 Å². The van der Waals surface area contributed by atoms with Crippen LogP contribution in [0, 0.1) is 5.92 Å². The van der Waals surface area contributed by atoms with Crippen LogP contribution in [0.1, 0.15) is 60.2 Å². The second-order valence-electron chi connectivity index (χ2n) is 7.53. The van der Waals surface area contributed by atoms with Crippen molar-refractivity contribution in [2.45, 2.75) is 45.7 Å². The Morgan fingerprint density at radius 2 is 2.24 bits per heavy atom. The Morgan fingerprint density at radius 3 is 2.90 bits per heavy atom. The number of carbonyl (C=O) groups is 2. The van der Waals surface area contributed by atoms with E-state index < -0.39 is 0 Å². The van der Waals surface area contributed by atoms with Crippen LogP contribution in [0.4, 0.5) is 0 Å². The van der Waals surface area contributed by atoms with E-state index in [1.165, 1.54) is 11.3 Å². The van der Waals surface area contributed by atoms with Gasteiger partial charge < -0.3 is 15.0 Å². The lowest BCUT2D eigenvalue weighted by Crippen LogP contribution is -2.35. The molecular formula is C20H29N5O3S. The second-order valence-corrected chi connectivity index (χ2v) is 8.38. The number of hydrogen-bond donors (Lipinski definition) is 1. The maximum absolute atomic E-state index is 12.7. The zero-order valence-corrected chi connectivity index (χ0v) is 18.2. The van der Waals surface area contributed by atoms with Crippen molar-refractivity contribution in [3.63, 3.8) is 0 Å². The molecule has 9 heteroatoms. The average Bonchev–Trinajstić information content (AvgIpc) is 3.42. The molecule has 3 rings (SSSR count). The largest absolute Gasteiger partial charge is 0.383 e. The highest BCUT2D eigenvalue weighted by Crippen LogP contribution is 2.37. The molecule has 29 heavy (non-hydrogen) atoms. The summed E-state index contributed by atoms with van der Waals surface area (Å²) < 4.78 is 7.09. The van der Waals surface area contributed by atoms with Gasteiger partial charge in [0.05, 0.1) is 30.1 Å². The molecule has 0 bridgehead atoms. The van der Waals surface area contributed by atoms with Crippen molar-refractivity contribution < 1.29 is 14.3 Å². The van der Waals surface area contributed by atoms with E-state index in [4.69, 9.17) is 4.74 Å². The summed E-state index contributed by atoms with van der Waals surface area (Å²) in [5, 5.41) is 7.47. The predicted octanol–water partition coefficient (Wildman–Crippen LogP) is 2.45. The second kappa shape index (κ2) is 9.49. The first kappa shape index (κ1) is 21.4. The zero-order valence-electron chi connectivity index (χ0n) is 17.4. The summed E-state index contributed by atoms with van der Waals surface area (Å²) in [6.07, 6.45) is 4.94. The van der Waals surface area contributed by atoms with Crippen molar-refractivity contribution in [3.8, 4) is 0 Å². The molecule has 2 aromatic rings. The monoisotopic (exact) mass is 419 g/mol. The summed E-state index contributed by atoms with van der Waals surface area (Å²) in [7, 11) is 1.63. The van der Waals surface area contributed by atoms with Gasteiger partial charge in [0, 0.05) is 50.3 Å². The number of likely N-dealkylation sites (tertiary alicyclic amines) is 1. The Kier molecular flexibility index (Phi) is 7.02. The molecule has 0 spiro atoms. The van der Waals surface area contributed by atoms with Crippen LogP contribution in [0.3, 0.4) is 0 Å². The molecular weight excluding hydrogens is 390 g/mol. The molecule has 2 amide bonds. The number of aryl methyl sites for hydroxylation is 1. The lowest BCUT2D eigenvalue weighted by molar-refractivity contribution is -0.129. The van der Waals surface area contributed by atoms with Crippen molar-refractivity contribution in [1.29, 1.82) is 0 Å². The van der Waals surface area contributed by atoms with E-state index >= 15 is 0 Å². The number of ether oxygens (including phenoxy) is 1. The highest BCUT2D eigenvalue weighted by Gasteiger charge is 2.41. The number of thiazole rings is 1. The van der Waals surface area contributed by atoms with Gasteiger partial charge >= 0.3 is 0 Å². The number of carbonyl (C=O) groups excluding carboxylic acids is 2. The Hall–Kier alpha value is -2.26. The summed E-state index contributed by atoms with van der Waals surface area (Å²) >= 11 is 1.35. The van der Waals surface area contributed by atoms with Crippen molar-refractivity contribution >= 4 is 23.2 Å². The van der Waals surface area contributed by atoms with Crippen molar-refractivity contribution in [2.24, 2.45) is 5.92 Å². The predicted molar refractivity (Wildman–Crippen MR) is 111 cm³/mol. The van der Waals surface area contributed by atoms with E-state index in [0.29, 0.717) is 31.0 Å². The molecule has 2 aromatic heterocycles. The van der Waals surface area contributed by atoms with Gasteiger partial charge in [-0.2, -0.15) is 5.10 Å². The van der Waals surface area contributed by atoms with Crippen LogP contribution in [0.5, 0.6) is 0 Å². The van der Waals surface area contributed by atoms with Crippen LogP contribution < -0.4 is 5.32 Å². The minimum atomic E-state index is -0.127. The van der Waals surface area contributed by atoms with Crippen LogP contribution in [0.25, 0.3) is 0 Å². The molecule has 3 heterocycles. The number of methoxy groups -OCH3 is 1. The van der Waals surface area contributed by atoms with Gasteiger partial charge in [-0.3, -0.25) is 14.3 Å². The van der Waals surface area contributed by atoms with E-state index in [1.807, 2.05) is 28.9 Å². The quantitative estimate of drug-likeness (QED) is 0.674. The summed E-state index contributed by atoms with van der Waals surface area (Å²) in [5.41, 5.74) is 3.50. The number of amides is 2. The number of hydrogen-bond acceptors (Lipinski definition) is 6. The third-order valence-electron chi connectivity index (χ3n) is 5.27. The smallest absolute Gasteiger partial charge is 0.263 e. The molecule has 0 saturated carbocycles. The maximum atomic E-state index is 12.7. The molecule has 1 fully saturated rings. The lowest BCUT2D eigenvalue weighted by atomic mass is 9.95. The van der Waals surface area contributed by atoms with Crippen molar-refractivity contribution in [3.05, 3.63) is 34.0 Å². The highest BCUT2D eigenvalue weighted by atomic mass is 32.1. The summed E-state index contributed by atoms with van der Waals surface area (Å²) in [6, 6.07) is 0.114. The minimum Gasteiger partial charge on any atom is -0.383 e. The molecule has 1 aliphatic rings. The molecule has 8 nitrogen and oxygen atoms in total. The first-order valence-corrected chi connectivity index (χ1v) is 10.9. The number of aromatic nitrogens is 3. The van der Waals surface area contributed by atoms with E-state index in [1.54, 1.807) is 12.6 Å². The van der Waals surface area contributed by atoms with Gasteiger partial charge in [0.15, 0.2) is 0 Å². The Balaban J connectivity index is 1.77. The fourth-order valence-corrected chi connectivity index (χ4v) is 4.55. The van der Waals surface area contributed by atoms with Crippen LogP contribution in [-0.4, -0.2) is 58.3 Å². The van der Waals surface area contributed by atoms with Crippen molar-refractivity contribution in [2.75, 3.05) is 26.8 Å². The third-order valence-corrected chi connectivity index (χ3v) is 6.14. The standard InChI is InChI=1S/C20H29N5O3S/c1-5-16-19(29-12-22-16)20(27)21-9-14-8-17(26)24(6-7-28-4)18(14)15-10-23-25(11-15)13(2)3/h10-14,18H,5-9H2,1-4H3,(H,21,27)/t14-,18+/m0/s1. The fraction of sp³-hybridized carbons (Fsp3) is 0.600. The SMILES string of the molecule is CCc1ncsc1C(=O)NC[C@@H]1CC(=O)N(CCOC)[C@H]1c1cnn(C(C)C)c1. The van der Waals surface area contributed by atoms with Crippen LogP contribution in [-0.2, 0) is 16.0 Å². The third kappa shape index (κ3) is 4.67. The molecule has 0 radical (unpaired) electrons. The van der Waals surface area contributed by atoms with Gasteiger partial charge in [0.25, 0.3) is 5.91 Å². The molecule has 0 unspecified atom stereocenters. The number of rotatable bonds is 9. The average molecular weight is 420 g/mol. The van der Waals surface area contributed by atoms with Gasteiger partial charge in [-0.05, 0) is 20.3 Å². The summed E-state index contributed by atoms with van der Waals surface area (Å²) in [6.45, 7) is 7.53. The molecule has 1 saturated heterocycles. The van der Waals surface area contributed by atoms with Crippen LogP contribution in [0.15, 0.2) is 17.9 Å². The fourth-order valence-electron chi connectivity index (χ4n) is 3.75. The first-order chi connectivity index (χ1) is 14.0. The van der Waals surface area contributed by atoms with Crippen molar-refractivity contribution in [1.82, 2.24) is 25.0 Å². The Labute approximate surface area is 175 Å². The summed E-state index contributed by atoms with van der Waals surface area (Å²) in [5.74, 6) is -0.0643. The maximum Gasteiger partial charge on any atom is 0.263 e. The topological polar surface area (TPSA) is 89.3 Å². The molecule has 2 atom stereocenters. The summed E-state index contributed by atoms with van der Waals surface area (Å²) in [4.78, 5) is 32.1. The molecule has 1 aliphatic heterocycles. The van der Waals surface area contributed by atoms with Gasteiger partial charge in [-0.25, -0.2) is 4.98 Å². The van der Waals surface area contributed by atoms with E-state index in [2.05, 4.69) is 29.2 Å². The van der Waals surface area contributed by atoms with Gasteiger partial charge in [0.1, 0.15) is 4.88 Å².